The summed E-state index contributed by atoms with van der Waals surface area (Å²) >= 11 is 0. The second-order valence-corrected chi connectivity index (χ2v) is 6.88. The summed E-state index contributed by atoms with van der Waals surface area (Å²) in [5, 5.41) is 3.11. The number of rotatable bonds is 6. The lowest BCUT2D eigenvalue weighted by atomic mass is 10.0. The Balaban J connectivity index is 1.84. The maximum absolute atomic E-state index is 13.3. The monoisotopic (exact) mass is 355 g/mol. The number of para-hydroxylation sites is 2. The Labute approximate surface area is 155 Å². The molecule has 3 N–H and O–H groups in total. The van der Waals surface area contributed by atoms with Crippen LogP contribution in [0.2, 0.25) is 0 Å². The van der Waals surface area contributed by atoms with Gasteiger partial charge >= 0.3 is 0 Å². The molecule has 0 unspecified atom stereocenters. The van der Waals surface area contributed by atoms with Crippen molar-refractivity contribution < 1.29 is 19.3 Å². The summed E-state index contributed by atoms with van der Waals surface area (Å²) in [5.41, 5.74) is 1.80. The Bertz CT molecular complexity index is 712. The number of hydrogen-bond acceptors (Lipinski definition) is 2. The lowest BCUT2D eigenvalue weighted by Crippen LogP contribution is -3.27. The fourth-order valence-electron chi connectivity index (χ4n) is 3.56. The minimum atomic E-state index is -0.209. The van der Waals surface area contributed by atoms with Crippen molar-refractivity contribution in [2.24, 2.45) is 0 Å². The van der Waals surface area contributed by atoms with Crippen molar-refractivity contribution in [2.45, 2.75) is 13.0 Å². The fourth-order valence-corrected chi connectivity index (χ4v) is 3.56. The first-order valence-corrected chi connectivity index (χ1v) is 9.42. The highest BCUT2D eigenvalue weighted by Crippen LogP contribution is 2.24. The van der Waals surface area contributed by atoms with Gasteiger partial charge in [-0.25, -0.2) is 0 Å². The minimum Gasteiger partial charge on any atom is -0.492 e. The van der Waals surface area contributed by atoms with E-state index in [-0.39, 0.29) is 11.9 Å². The first-order chi connectivity index (χ1) is 12.7. The van der Waals surface area contributed by atoms with Crippen molar-refractivity contribution in [3.63, 3.8) is 0 Å². The number of hydrogen-bond donors (Lipinski definition) is 3. The lowest BCUT2D eigenvalue weighted by Gasteiger charge is -2.32. The van der Waals surface area contributed by atoms with Crippen molar-refractivity contribution >= 4 is 11.6 Å². The first-order valence-electron chi connectivity index (χ1n) is 9.42. The quantitative estimate of drug-likeness (QED) is 0.692. The summed E-state index contributed by atoms with van der Waals surface area (Å²) in [6, 6.07) is 17.5. The predicted molar refractivity (Wildman–Crippen MR) is 103 cm³/mol. The highest BCUT2D eigenvalue weighted by atomic mass is 16.5. The van der Waals surface area contributed by atoms with E-state index in [0.717, 1.165) is 37.4 Å². The number of quaternary nitrogens is 2. The van der Waals surface area contributed by atoms with Crippen LogP contribution >= 0.6 is 0 Å². The molecule has 3 rings (SSSR count). The average Bonchev–Trinajstić information content (AvgIpc) is 2.66. The fraction of sp³-hybridized carbons (Fsp3) is 0.381. The molecule has 1 saturated heterocycles. The Morgan fingerprint density at radius 2 is 1.69 bits per heavy atom. The summed E-state index contributed by atoms with van der Waals surface area (Å²) in [6.45, 7) is 6.67. The van der Waals surface area contributed by atoms with Gasteiger partial charge in [-0.1, -0.05) is 42.5 Å². The van der Waals surface area contributed by atoms with E-state index in [2.05, 4.69) is 24.5 Å². The van der Waals surface area contributed by atoms with E-state index in [0.29, 0.717) is 12.4 Å². The van der Waals surface area contributed by atoms with Gasteiger partial charge in [-0.15, -0.1) is 0 Å². The molecule has 0 aromatic heterocycles. The molecule has 5 nitrogen and oxygen atoms in total. The number of likely N-dealkylation sites (N-methyl/N-ethyl adjacent to an activating group) is 1. The minimum absolute atomic E-state index is 0.0258. The number of piperazine rings is 1. The summed E-state index contributed by atoms with van der Waals surface area (Å²) in [6.07, 6.45) is 0. The highest BCUT2D eigenvalue weighted by Gasteiger charge is 2.35. The van der Waals surface area contributed by atoms with Crippen molar-refractivity contribution in [2.75, 3.05) is 45.2 Å². The van der Waals surface area contributed by atoms with Gasteiger partial charge in [0.05, 0.1) is 19.3 Å². The average molecular weight is 355 g/mol. The predicted octanol–water partition coefficient (Wildman–Crippen LogP) is 0.178. The SMILES string of the molecule is CCOc1ccccc1NC(=O)[C@@H](c1ccccc1)[NH+]1CC[NH+](C)CC1. The van der Waals surface area contributed by atoms with E-state index in [9.17, 15) is 4.79 Å². The van der Waals surface area contributed by atoms with E-state index in [1.807, 2.05) is 49.4 Å². The van der Waals surface area contributed by atoms with Gasteiger partial charge in [0, 0.05) is 5.56 Å². The second kappa shape index (κ2) is 8.83. The number of carbonyl (C=O) groups excluding carboxylic acids is 1. The van der Waals surface area contributed by atoms with Crippen LogP contribution in [0.25, 0.3) is 0 Å². The summed E-state index contributed by atoms with van der Waals surface area (Å²) in [5.74, 6) is 0.742. The standard InChI is InChI=1S/C21H27N3O2/c1-3-26-19-12-8-7-11-18(19)22-21(25)20(17-9-5-4-6-10-17)24-15-13-23(2)14-16-24/h4-12,20H,3,13-16H2,1-2H3,(H,22,25)/p+2/t20-/m1/s1. The zero-order valence-corrected chi connectivity index (χ0v) is 15.6. The molecule has 0 radical (unpaired) electrons. The Morgan fingerprint density at radius 3 is 2.38 bits per heavy atom. The van der Waals surface area contributed by atoms with E-state index >= 15 is 0 Å². The third-order valence-corrected chi connectivity index (χ3v) is 4.99. The van der Waals surface area contributed by atoms with Crippen LogP contribution in [0.3, 0.4) is 0 Å². The molecule has 0 bridgehead atoms. The van der Waals surface area contributed by atoms with Crippen LogP contribution in [0.4, 0.5) is 5.69 Å². The van der Waals surface area contributed by atoms with Crippen molar-refractivity contribution in [3.8, 4) is 5.75 Å². The molecule has 1 fully saturated rings. The molecule has 1 atom stereocenters. The summed E-state index contributed by atoms with van der Waals surface area (Å²) in [4.78, 5) is 16.1. The molecular weight excluding hydrogens is 326 g/mol. The van der Waals surface area contributed by atoms with Gasteiger partial charge in [-0.2, -0.15) is 0 Å². The van der Waals surface area contributed by atoms with Crippen LogP contribution in [0.1, 0.15) is 18.5 Å². The smallest absolute Gasteiger partial charge is 0.287 e. The number of anilines is 1. The van der Waals surface area contributed by atoms with Crippen LogP contribution in [-0.2, 0) is 4.79 Å². The van der Waals surface area contributed by atoms with E-state index in [4.69, 9.17) is 4.74 Å². The number of benzene rings is 2. The molecule has 1 aliphatic heterocycles. The molecule has 138 valence electrons. The van der Waals surface area contributed by atoms with Crippen molar-refractivity contribution in [1.82, 2.24) is 0 Å². The van der Waals surface area contributed by atoms with E-state index in [1.165, 1.54) is 9.80 Å². The number of carbonyl (C=O) groups is 1. The molecule has 0 spiro atoms. The number of nitrogens with one attached hydrogen (secondary N) is 3. The van der Waals surface area contributed by atoms with Gasteiger partial charge in [0.1, 0.15) is 31.9 Å². The maximum atomic E-state index is 13.3. The van der Waals surface area contributed by atoms with E-state index < -0.39 is 0 Å². The third-order valence-electron chi connectivity index (χ3n) is 4.99. The zero-order valence-electron chi connectivity index (χ0n) is 15.6. The Hall–Kier alpha value is -2.37. The molecule has 2 aromatic carbocycles. The van der Waals surface area contributed by atoms with Crippen LogP contribution in [0.15, 0.2) is 54.6 Å². The number of ether oxygens (including phenoxy) is 1. The van der Waals surface area contributed by atoms with Gasteiger partial charge in [-0.3, -0.25) is 4.79 Å². The van der Waals surface area contributed by atoms with Crippen molar-refractivity contribution in [3.05, 3.63) is 60.2 Å². The van der Waals surface area contributed by atoms with Gasteiger partial charge in [0.15, 0.2) is 6.04 Å². The van der Waals surface area contributed by atoms with Crippen LogP contribution in [-0.4, -0.2) is 45.7 Å². The zero-order chi connectivity index (χ0) is 18.4. The third kappa shape index (κ3) is 4.42. The van der Waals surface area contributed by atoms with Crippen LogP contribution < -0.4 is 19.9 Å². The van der Waals surface area contributed by atoms with Gasteiger partial charge in [0.25, 0.3) is 5.91 Å². The van der Waals surface area contributed by atoms with Gasteiger partial charge < -0.3 is 19.9 Å². The number of amides is 1. The van der Waals surface area contributed by atoms with Gasteiger partial charge in [0.2, 0.25) is 0 Å². The summed E-state index contributed by atoms with van der Waals surface area (Å²) in [7, 11) is 2.21. The maximum Gasteiger partial charge on any atom is 0.287 e. The molecule has 5 heteroatoms. The lowest BCUT2D eigenvalue weighted by molar-refractivity contribution is -1.01. The molecular formula is C21H29N3O2+2. The van der Waals surface area contributed by atoms with E-state index in [1.54, 1.807) is 0 Å². The topological polar surface area (TPSA) is 47.2 Å². The first kappa shape index (κ1) is 18.4. The molecule has 1 amide bonds. The van der Waals surface area contributed by atoms with Crippen LogP contribution in [0.5, 0.6) is 5.75 Å². The molecule has 2 aromatic rings. The Kier molecular flexibility index (Phi) is 6.26. The second-order valence-electron chi connectivity index (χ2n) is 6.88. The van der Waals surface area contributed by atoms with Crippen molar-refractivity contribution in [1.29, 1.82) is 0 Å². The van der Waals surface area contributed by atoms with Crippen LogP contribution in [0, 0.1) is 0 Å². The molecule has 26 heavy (non-hydrogen) atoms. The molecule has 0 aliphatic carbocycles. The summed E-state index contributed by atoms with van der Waals surface area (Å²) < 4.78 is 5.66. The largest absolute Gasteiger partial charge is 0.492 e. The molecule has 0 saturated carbocycles. The van der Waals surface area contributed by atoms with Gasteiger partial charge in [-0.05, 0) is 19.1 Å². The normalized spacial score (nSPS) is 21.0. The molecule has 1 heterocycles. The highest BCUT2D eigenvalue weighted by molar-refractivity contribution is 5.95. The molecule has 1 aliphatic rings. The Morgan fingerprint density at radius 1 is 1.04 bits per heavy atom.